The van der Waals surface area contributed by atoms with Crippen molar-refractivity contribution >= 4 is 17.5 Å². The number of carbonyl (C=O) groups is 1. The van der Waals surface area contributed by atoms with Crippen LogP contribution in [-0.4, -0.2) is 29.5 Å². The van der Waals surface area contributed by atoms with E-state index in [0.717, 1.165) is 19.4 Å². The van der Waals surface area contributed by atoms with Gasteiger partial charge in [-0.3, -0.25) is 4.79 Å². The van der Waals surface area contributed by atoms with Crippen LogP contribution in [0.5, 0.6) is 11.5 Å². The Labute approximate surface area is 165 Å². The van der Waals surface area contributed by atoms with Crippen LogP contribution < -0.4 is 15.0 Å². The molecule has 3 rings (SSSR count). The first-order chi connectivity index (χ1) is 13.7. The van der Waals surface area contributed by atoms with Gasteiger partial charge in [0.15, 0.2) is 5.75 Å². The number of ether oxygens (including phenoxy) is 1. The molecule has 1 heterocycles. The van der Waals surface area contributed by atoms with E-state index in [1.54, 1.807) is 18.5 Å². The summed E-state index contributed by atoms with van der Waals surface area (Å²) >= 11 is 0. The first-order valence-electron chi connectivity index (χ1n) is 9.34. The number of para-hydroxylation sites is 3. The predicted molar refractivity (Wildman–Crippen MR) is 111 cm³/mol. The van der Waals surface area contributed by atoms with Gasteiger partial charge in [-0.1, -0.05) is 43.7 Å². The predicted octanol–water partition coefficient (Wildman–Crippen LogP) is 4.76. The standard InChI is InChI=1S/C22H24N4O2/c1-3-4-14-26(2)22-23-15-17(16-24-22)21(27)25-19-12-8-9-13-20(19)28-18-10-6-5-7-11-18/h5-13,15-16H,3-4,14H2,1-2H3,(H,25,27). The minimum Gasteiger partial charge on any atom is -0.455 e. The highest BCUT2D eigenvalue weighted by Gasteiger charge is 2.12. The maximum Gasteiger partial charge on any atom is 0.258 e. The van der Waals surface area contributed by atoms with Gasteiger partial charge in [0.25, 0.3) is 5.91 Å². The molecule has 0 unspecified atom stereocenters. The number of unbranched alkanes of at least 4 members (excludes halogenated alkanes) is 1. The van der Waals surface area contributed by atoms with Crippen LogP contribution in [0.4, 0.5) is 11.6 Å². The zero-order valence-electron chi connectivity index (χ0n) is 16.1. The van der Waals surface area contributed by atoms with Gasteiger partial charge in [-0.25, -0.2) is 9.97 Å². The third-order valence-corrected chi connectivity index (χ3v) is 4.20. The van der Waals surface area contributed by atoms with Crippen molar-refractivity contribution < 1.29 is 9.53 Å². The van der Waals surface area contributed by atoms with E-state index in [9.17, 15) is 4.79 Å². The molecular weight excluding hydrogens is 352 g/mol. The van der Waals surface area contributed by atoms with E-state index in [1.165, 1.54) is 0 Å². The molecule has 3 aromatic rings. The average Bonchev–Trinajstić information content (AvgIpc) is 2.74. The summed E-state index contributed by atoms with van der Waals surface area (Å²) in [6, 6.07) is 16.7. The molecule has 6 nitrogen and oxygen atoms in total. The van der Waals surface area contributed by atoms with Gasteiger partial charge in [-0.05, 0) is 30.7 Å². The van der Waals surface area contributed by atoms with Gasteiger partial charge in [0.2, 0.25) is 5.95 Å². The van der Waals surface area contributed by atoms with Crippen LogP contribution >= 0.6 is 0 Å². The fraction of sp³-hybridized carbons (Fsp3) is 0.227. The summed E-state index contributed by atoms with van der Waals surface area (Å²) in [5.41, 5.74) is 0.975. The fourth-order valence-corrected chi connectivity index (χ4v) is 2.60. The number of aromatic nitrogens is 2. The van der Waals surface area contributed by atoms with Gasteiger partial charge in [-0.15, -0.1) is 0 Å². The maximum absolute atomic E-state index is 12.6. The molecule has 0 atom stereocenters. The van der Waals surface area contributed by atoms with Gasteiger partial charge < -0.3 is 15.0 Å². The maximum atomic E-state index is 12.6. The minimum atomic E-state index is -0.285. The number of nitrogens with one attached hydrogen (secondary N) is 1. The van der Waals surface area contributed by atoms with E-state index in [-0.39, 0.29) is 5.91 Å². The highest BCUT2D eigenvalue weighted by atomic mass is 16.5. The topological polar surface area (TPSA) is 67.4 Å². The third kappa shape index (κ3) is 5.07. The summed E-state index contributed by atoms with van der Waals surface area (Å²) in [4.78, 5) is 23.2. The Hall–Kier alpha value is -3.41. The van der Waals surface area contributed by atoms with Crippen molar-refractivity contribution in [2.45, 2.75) is 19.8 Å². The molecule has 2 aromatic carbocycles. The Morgan fingerprint density at radius 1 is 1.04 bits per heavy atom. The number of amides is 1. The zero-order chi connectivity index (χ0) is 19.8. The number of rotatable bonds is 8. The lowest BCUT2D eigenvalue weighted by atomic mass is 10.2. The summed E-state index contributed by atoms with van der Waals surface area (Å²) < 4.78 is 5.88. The summed E-state index contributed by atoms with van der Waals surface area (Å²) in [5.74, 6) is 1.59. The molecule has 0 radical (unpaired) electrons. The normalized spacial score (nSPS) is 10.4. The Kier molecular flexibility index (Phi) is 6.57. The molecule has 6 heteroatoms. The lowest BCUT2D eigenvalue weighted by molar-refractivity contribution is 0.102. The number of carbonyl (C=O) groups excluding carboxylic acids is 1. The van der Waals surface area contributed by atoms with Crippen molar-refractivity contribution in [3.8, 4) is 11.5 Å². The van der Waals surface area contributed by atoms with Crippen LogP contribution in [0.15, 0.2) is 67.0 Å². The molecule has 0 saturated heterocycles. The monoisotopic (exact) mass is 376 g/mol. The van der Waals surface area contributed by atoms with Crippen molar-refractivity contribution in [2.75, 3.05) is 23.8 Å². The molecule has 1 N–H and O–H groups in total. The Morgan fingerprint density at radius 2 is 1.71 bits per heavy atom. The molecule has 0 spiro atoms. The van der Waals surface area contributed by atoms with Crippen LogP contribution in [0.1, 0.15) is 30.1 Å². The third-order valence-electron chi connectivity index (χ3n) is 4.20. The van der Waals surface area contributed by atoms with Gasteiger partial charge in [0, 0.05) is 26.0 Å². The van der Waals surface area contributed by atoms with E-state index in [4.69, 9.17) is 4.74 Å². The Balaban J connectivity index is 1.69. The molecule has 0 aliphatic carbocycles. The van der Waals surface area contributed by atoms with Crippen molar-refractivity contribution in [1.29, 1.82) is 0 Å². The van der Waals surface area contributed by atoms with Crippen LogP contribution in [0.2, 0.25) is 0 Å². The van der Waals surface area contributed by atoms with E-state index < -0.39 is 0 Å². The summed E-state index contributed by atoms with van der Waals surface area (Å²) in [5, 5.41) is 2.87. The van der Waals surface area contributed by atoms with Gasteiger partial charge in [-0.2, -0.15) is 0 Å². The molecule has 1 aromatic heterocycles. The number of benzene rings is 2. The molecule has 0 saturated carbocycles. The first-order valence-corrected chi connectivity index (χ1v) is 9.34. The van der Waals surface area contributed by atoms with Crippen molar-refractivity contribution in [1.82, 2.24) is 9.97 Å². The van der Waals surface area contributed by atoms with Crippen LogP contribution in [0, 0.1) is 0 Å². The van der Waals surface area contributed by atoms with Crippen molar-refractivity contribution in [2.24, 2.45) is 0 Å². The highest BCUT2D eigenvalue weighted by Crippen LogP contribution is 2.29. The lowest BCUT2D eigenvalue weighted by Gasteiger charge is -2.16. The van der Waals surface area contributed by atoms with Crippen molar-refractivity contribution in [3.63, 3.8) is 0 Å². The first kappa shape index (κ1) is 19.4. The largest absolute Gasteiger partial charge is 0.455 e. The van der Waals surface area contributed by atoms with E-state index >= 15 is 0 Å². The fourth-order valence-electron chi connectivity index (χ4n) is 2.60. The van der Waals surface area contributed by atoms with Gasteiger partial charge >= 0.3 is 0 Å². The smallest absolute Gasteiger partial charge is 0.258 e. The minimum absolute atomic E-state index is 0.285. The van der Waals surface area contributed by atoms with E-state index in [1.807, 2.05) is 60.5 Å². The van der Waals surface area contributed by atoms with Gasteiger partial charge in [0.05, 0.1) is 11.3 Å². The average molecular weight is 376 g/mol. The Morgan fingerprint density at radius 3 is 2.43 bits per heavy atom. The lowest BCUT2D eigenvalue weighted by Crippen LogP contribution is -2.21. The number of hydrogen-bond acceptors (Lipinski definition) is 5. The van der Waals surface area contributed by atoms with Crippen LogP contribution in [0.3, 0.4) is 0 Å². The second-order valence-corrected chi connectivity index (χ2v) is 6.41. The molecular formula is C22H24N4O2. The van der Waals surface area contributed by atoms with Crippen molar-refractivity contribution in [3.05, 3.63) is 72.6 Å². The van der Waals surface area contributed by atoms with Gasteiger partial charge in [0.1, 0.15) is 5.75 Å². The molecule has 0 fully saturated rings. The molecule has 0 bridgehead atoms. The highest BCUT2D eigenvalue weighted by molar-refractivity contribution is 6.04. The quantitative estimate of drug-likeness (QED) is 0.614. The molecule has 28 heavy (non-hydrogen) atoms. The zero-order valence-corrected chi connectivity index (χ0v) is 16.1. The second kappa shape index (κ2) is 9.50. The van der Waals surface area contributed by atoms with Crippen LogP contribution in [0.25, 0.3) is 0 Å². The van der Waals surface area contributed by atoms with E-state index in [0.29, 0.717) is 28.7 Å². The number of anilines is 2. The number of hydrogen-bond donors (Lipinski definition) is 1. The summed E-state index contributed by atoms with van der Waals surface area (Å²) in [6.07, 6.45) is 5.26. The molecule has 0 aliphatic heterocycles. The Bertz CT molecular complexity index is 898. The number of nitrogens with zero attached hydrogens (tertiary/aromatic N) is 3. The SMILES string of the molecule is CCCCN(C)c1ncc(C(=O)Nc2ccccc2Oc2ccccc2)cn1. The second-order valence-electron chi connectivity index (χ2n) is 6.41. The van der Waals surface area contributed by atoms with E-state index in [2.05, 4.69) is 22.2 Å². The molecule has 1 amide bonds. The molecule has 0 aliphatic rings. The summed E-state index contributed by atoms with van der Waals surface area (Å²) in [6.45, 7) is 3.02. The summed E-state index contributed by atoms with van der Waals surface area (Å²) in [7, 11) is 1.95. The van der Waals surface area contributed by atoms with Crippen LogP contribution in [-0.2, 0) is 0 Å². The molecule has 144 valence electrons.